The normalized spacial score (nSPS) is 11.3. The summed E-state index contributed by atoms with van der Waals surface area (Å²) in [6.07, 6.45) is 0. The van der Waals surface area contributed by atoms with Crippen LogP contribution in [0.4, 0.5) is 0 Å². The van der Waals surface area contributed by atoms with Crippen molar-refractivity contribution in [3.63, 3.8) is 0 Å². The second-order valence-electron chi connectivity index (χ2n) is 13.8. The predicted molar refractivity (Wildman–Crippen MR) is 227 cm³/mol. The zero-order chi connectivity index (χ0) is 35.8. The molecule has 0 unspecified atom stereocenters. The number of benzene rings is 9. The average Bonchev–Trinajstić information content (AvgIpc) is 3.26. The summed E-state index contributed by atoms with van der Waals surface area (Å²) in [6, 6.07) is 73.5. The smallest absolute Gasteiger partial charge is 0.160 e. The highest BCUT2D eigenvalue weighted by atomic mass is 14.9. The Morgan fingerprint density at radius 2 is 0.722 bits per heavy atom. The third-order valence-corrected chi connectivity index (χ3v) is 10.4. The van der Waals surface area contributed by atoms with E-state index < -0.39 is 0 Å². The molecular weight excluding hydrogens is 653 g/mol. The highest BCUT2D eigenvalue weighted by Crippen LogP contribution is 2.37. The zero-order valence-electron chi connectivity index (χ0n) is 29.5. The lowest BCUT2D eigenvalue weighted by molar-refractivity contribution is 1.23. The molecular formula is C52H34N2. The molecule has 0 N–H and O–H groups in total. The number of hydrogen-bond acceptors (Lipinski definition) is 2. The Kier molecular flexibility index (Phi) is 7.85. The van der Waals surface area contributed by atoms with Crippen LogP contribution < -0.4 is 0 Å². The van der Waals surface area contributed by atoms with Crippen LogP contribution in [-0.2, 0) is 0 Å². The Bertz CT molecular complexity index is 2980. The molecule has 0 aliphatic rings. The van der Waals surface area contributed by atoms with Gasteiger partial charge in [0.1, 0.15) is 0 Å². The minimum atomic E-state index is 0.709. The molecule has 0 aliphatic heterocycles. The number of nitrogens with zero attached hydrogens (tertiary/aromatic N) is 2. The lowest BCUT2D eigenvalue weighted by Crippen LogP contribution is -1.96. The fourth-order valence-electron chi connectivity index (χ4n) is 7.65. The molecule has 0 saturated heterocycles. The molecule has 0 atom stereocenters. The molecule has 0 saturated carbocycles. The molecule has 54 heavy (non-hydrogen) atoms. The van der Waals surface area contributed by atoms with Crippen LogP contribution in [0.15, 0.2) is 206 Å². The Balaban J connectivity index is 1.05. The molecule has 252 valence electrons. The van der Waals surface area contributed by atoms with Gasteiger partial charge in [0, 0.05) is 16.5 Å². The molecule has 0 fully saturated rings. The second-order valence-corrected chi connectivity index (χ2v) is 13.8. The molecule has 10 rings (SSSR count). The van der Waals surface area contributed by atoms with Gasteiger partial charge in [-0.2, -0.15) is 0 Å². The van der Waals surface area contributed by atoms with E-state index in [1.165, 1.54) is 49.5 Å². The molecule has 2 nitrogen and oxygen atoms in total. The van der Waals surface area contributed by atoms with Crippen LogP contribution in [0, 0.1) is 0 Å². The first-order valence-electron chi connectivity index (χ1n) is 18.4. The lowest BCUT2D eigenvalue weighted by atomic mass is 9.95. The summed E-state index contributed by atoms with van der Waals surface area (Å²) < 4.78 is 0. The number of hydrogen-bond donors (Lipinski definition) is 0. The summed E-state index contributed by atoms with van der Waals surface area (Å²) in [5, 5.41) is 5.88. The molecule has 0 radical (unpaired) electrons. The minimum Gasteiger partial charge on any atom is -0.228 e. The SMILES string of the molecule is c1ccc(-c2cccc(-c3cccc(-c4nc(-c5ccc(-c6cccc(-c7ccc8ccccc8c7)c6)cc5)nc5ccc6ccccc6c45)c3)c2)cc1. The van der Waals surface area contributed by atoms with Gasteiger partial charge in [-0.15, -0.1) is 0 Å². The standard InChI is InChI=1S/C52H34N2/c1-2-11-35(12-3-1)41-16-8-18-43(31-41)45-20-10-21-47(34-45)51-50-48-22-7-6-14-38(48)29-30-49(50)53-52(54-51)39-26-23-37(24-27-39)42-17-9-19-44(32-42)46-28-25-36-13-4-5-15-40(36)33-46/h1-34H. The van der Waals surface area contributed by atoms with Crippen LogP contribution in [-0.4, -0.2) is 9.97 Å². The van der Waals surface area contributed by atoms with Gasteiger partial charge in [0.15, 0.2) is 5.82 Å². The summed E-state index contributed by atoms with van der Waals surface area (Å²) in [4.78, 5) is 10.5. The maximum absolute atomic E-state index is 5.36. The minimum absolute atomic E-state index is 0.709. The van der Waals surface area contributed by atoms with Crippen LogP contribution >= 0.6 is 0 Å². The Morgan fingerprint density at radius 1 is 0.259 bits per heavy atom. The molecule has 9 aromatic carbocycles. The van der Waals surface area contributed by atoms with Crippen molar-refractivity contribution in [2.24, 2.45) is 0 Å². The van der Waals surface area contributed by atoms with Crippen molar-refractivity contribution in [3.8, 4) is 67.2 Å². The van der Waals surface area contributed by atoms with Gasteiger partial charge in [0.05, 0.1) is 11.2 Å². The summed E-state index contributed by atoms with van der Waals surface area (Å²) >= 11 is 0. The Labute approximate surface area is 314 Å². The maximum Gasteiger partial charge on any atom is 0.160 e. The van der Waals surface area contributed by atoms with E-state index in [9.17, 15) is 0 Å². The van der Waals surface area contributed by atoms with Gasteiger partial charge in [0.2, 0.25) is 0 Å². The van der Waals surface area contributed by atoms with Crippen molar-refractivity contribution in [1.82, 2.24) is 9.97 Å². The number of fused-ring (bicyclic) bond motifs is 4. The fraction of sp³-hybridized carbons (Fsp3) is 0. The highest BCUT2D eigenvalue weighted by Gasteiger charge is 2.16. The van der Waals surface area contributed by atoms with E-state index in [1.54, 1.807) is 0 Å². The van der Waals surface area contributed by atoms with Gasteiger partial charge in [-0.25, -0.2) is 9.97 Å². The van der Waals surface area contributed by atoms with E-state index >= 15 is 0 Å². The summed E-state index contributed by atoms with van der Waals surface area (Å²) in [5.74, 6) is 0.709. The van der Waals surface area contributed by atoms with E-state index in [2.05, 4.69) is 206 Å². The van der Waals surface area contributed by atoms with Crippen molar-refractivity contribution < 1.29 is 0 Å². The molecule has 0 spiro atoms. The van der Waals surface area contributed by atoms with Crippen LogP contribution in [0.5, 0.6) is 0 Å². The van der Waals surface area contributed by atoms with Crippen LogP contribution in [0.3, 0.4) is 0 Å². The third kappa shape index (κ3) is 5.90. The van der Waals surface area contributed by atoms with E-state index in [-0.39, 0.29) is 0 Å². The van der Waals surface area contributed by atoms with Crippen molar-refractivity contribution in [1.29, 1.82) is 0 Å². The molecule has 1 heterocycles. The summed E-state index contributed by atoms with van der Waals surface area (Å²) in [6.45, 7) is 0. The van der Waals surface area contributed by atoms with E-state index in [0.29, 0.717) is 5.82 Å². The van der Waals surface area contributed by atoms with Gasteiger partial charge in [-0.1, -0.05) is 176 Å². The van der Waals surface area contributed by atoms with Gasteiger partial charge >= 0.3 is 0 Å². The van der Waals surface area contributed by atoms with Gasteiger partial charge in [-0.05, 0) is 96.4 Å². The lowest BCUT2D eigenvalue weighted by Gasteiger charge is -2.14. The summed E-state index contributed by atoms with van der Waals surface area (Å²) in [7, 11) is 0. The van der Waals surface area contributed by atoms with Crippen LogP contribution in [0.25, 0.3) is 99.6 Å². The first-order valence-corrected chi connectivity index (χ1v) is 18.4. The van der Waals surface area contributed by atoms with Gasteiger partial charge in [-0.3, -0.25) is 0 Å². The van der Waals surface area contributed by atoms with E-state index in [4.69, 9.17) is 9.97 Å². The number of aromatic nitrogens is 2. The quantitative estimate of drug-likeness (QED) is 0.163. The maximum atomic E-state index is 5.36. The van der Waals surface area contributed by atoms with E-state index in [0.717, 1.165) is 44.2 Å². The van der Waals surface area contributed by atoms with E-state index in [1.807, 2.05) is 0 Å². The highest BCUT2D eigenvalue weighted by molar-refractivity contribution is 6.12. The van der Waals surface area contributed by atoms with Crippen molar-refractivity contribution >= 4 is 32.4 Å². The molecule has 0 aliphatic carbocycles. The van der Waals surface area contributed by atoms with Crippen molar-refractivity contribution in [3.05, 3.63) is 206 Å². The van der Waals surface area contributed by atoms with Gasteiger partial charge in [0.25, 0.3) is 0 Å². The molecule has 0 bridgehead atoms. The second kappa shape index (κ2) is 13.4. The monoisotopic (exact) mass is 686 g/mol. The summed E-state index contributed by atoms with van der Waals surface area (Å²) in [5.41, 5.74) is 13.4. The Hall–Kier alpha value is -7.16. The third-order valence-electron chi connectivity index (χ3n) is 10.4. The van der Waals surface area contributed by atoms with Gasteiger partial charge < -0.3 is 0 Å². The van der Waals surface area contributed by atoms with Crippen LogP contribution in [0.2, 0.25) is 0 Å². The Morgan fingerprint density at radius 3 is 1.43 bits per heavy atom. The average molecular weight is 687 g/mol. The zero-order valence-corrected chi connectivity index (χ0v) is 29.5. The van der Waals surface area contributed by atoms with Crippen molar-refractivity contribution in [2.75, 3.05) is 0 Å². The largest absolute Gasteiger partial charge is 0.228 e. The number of rotatable bonds is 6. The molecule has 0 amide bonds. The topological polar surface area (TPSA) is 25.8 Å². The molecule has 1 aromatic heterocycles. The first kappa shape index (κ1) is 31.6. The van der Waals surface area contributed by atoms with Crippen molar-refractivity contribution in [2.45, 2.75) is 0 Å². The van der Waals surface area contributed by atoms with Crippen LogP contribution in [0.1, 0.15) is 0 Å². The first-order chi connectivity index (χ1) is 26.7. The molecule has 2 heteroatoms. The molecule has 10 aromatic rings. The predicted octanol–water partition coefficient (Wildman–Crippen LogP) is 13.9. The fourth-order valence-corrected chi connectivity index (χ4v) is 7.65.